The second-order valence-corrected chi connectivity index (χ2v) is 4.59. The zero-order valence-electron chi connectivity index (χ0n) is 11.9. The largest absolute Gasteiger partial charge is 0.318 e. The standard InChI is InChI=1S/C13H22N6/c1-4-7-19-12(9-15-17-19)13(14)11-8-10(5-2)16-18(11)6-3/h8-9,13H,4-7,14H2,1-3H3. The van der Waals surface area contributed by atoms with Crippen molar-refractivity contribution in [1.82, 2.24) is 24.8 Å². The van der Waals surface area contributed by atoms with E-state index >= 15 is 0 Å². The highest BCUT2D eigenvalue weighted by molar-refractivity contribution is 5.22. The van der Waals surface area contributed by atoms with Gasteiger partial charge in [0.2, 0.25) is 0 Å². The molecule has 0 saturated heterocycles. The van der Waals surface area contributed by atoms with Crippen LogP contribution in [0.15, 0.2) is 12.3 Å². The van der Waals surface area contributed by atoms with Gasteiger partial charge in [-0.3, -0.25) is 4.68 Å². The number of nitrogens with zero attached hydrogens (tertiary/aromatic N) is 5. The van der Waals surface area contributed by atoms with E-state index in [2.05, 4.69) is 42.2 Å². The topological polar surface area (TPSA) is 74.6 Å². The molecule has 0 amide bonds. The van der Waals surface area contributed by atoms with Crippen molar-refractivity contribution in [3.63, 3.8) is 0 Å². The van der Waals surface area contributed by atoms with Crippen LogP contribution < -0.4 is 5.73 Å². The van der Waals surface area contributed by atoms with Gasteiger partial charge in [0.25, 0.3) is 0 Å². The zero-order valence-corrected chi connectivity index (χ0v) is 11.9. The molecule has 2 aromatic heterocycles. The van der Waals surface area contributed by atoms with Crippen molar-refractivity contribution in [2.45, 2.75) is 52.7 Å². The molecule has 0 spiro atoms. The average Bonchev–Trinajstić information content (AvgIpc) is 3.04. The summed E-state index contributed by atoms with van der Waals surface area (Å²) in [5, 5.41) is 12.6. The second-order valence-electron chi connectivity index (χ2n) is 4.59. The zero-order chi connectivity index (χ0) is 13.8. The maximum atomic E-state index is 6.37. The van der Waals surface area contributed by atoms with Crippen LogP contribution >= 0.6 is 0 Å². The highest BCUT2D eigenvalue weighted by atomic mass is 15.4. The Morgan fingerprint density at radius 3 is 2.63 bits per heavy atom. The first-order chi connectivity index (χ1) is 9.21. The first kappa shape index (κ1) is 13.7. The van der Waals surface area contributed by atoms with Gasteiger partial charge in [-0.25, -0.2) is 4.68 Å². The van der Waals surface area contributed by atoms with Crippen LogP contribution in [0.2, 0.25) is 0 Å². The summed E-state index contributed by atoms with van der Waals surface area (Å²) < 4.78 is 3.84. The van der Waals surface area contributed by atoms with Gasteiger partial charge in [-0.05, 0) is 25.8 Å². The number of aryl methyl sites for hydroxylation is 3. The van der Waals surface area contributed by atoms with Crippen molar-refractivity contribution >= 4 is 0 Å². The fraction of sp³-hybridized carbons (Fsp3) is 0.615. The molecule has 1 atom stereocenters. The lowest BCUT2D eigenvalue weighted by atomic mass is 10.1. The van der Waals surface area contributed by atoms with Gasteiger partial charge in [-0.2, -0.15) is 5.10 Å². The monoisotopic (exact) mass is 262 g/mol. The van der Waals surface area contributed by atoms with E-state index in [0.717, 1.165) is 43.0 Å². The van der Waals surface area contributed by atoms with Crippen LogP contribution in [-0.2, 0) is 19.5 Å². The van der Waals surface area contributed by atoms with Gasteiger partial charge in [0.1, 0.15) is 0 Å². The Morgan fingerprint density at radius 2 is 2.00 bits per heavy atom. The predicted octanol–water partition coefficient (Wildman–Crippen LogP) is 1.51. The SMILES string of the molecule is CCCn1nncc1C(N)c1cc(CC)nn1CC. The third-order valence-electron chi connectivity index (χ3n) is 3.24. The summed E-state index contributed by atoms with van der Waals surface area (Å²) in [6.45, 7) is 7.94. The molecule has 0 aliphatic rings. The number of hydrogen-bond donors (Lipinski definition) is 1. The van der Waals surface area contributed by atoms with Crippen molar-refractivity contribution in [3.8, 4) is 0 Å². The van der Waals surface area contributed by atoms with Gasteiger partial charge < -0.3 is 5.73 Å². The van der Waals surface area contributed by atoms with E-state index in [9.17, 15) is 0 Å². The molecule has 2 heterocycles. The molecule has 0 aliphatic carbocycles. The molecule has 2 rings (SSSR count). The normalized spacial score (nSPS) is 12.8. The average molecular weight is 262 g/mol. The molecule has 1 unspecified atom stereocenters. The molecular weight excluding hydrogens is 240 g/mol. The van der Waals surface area contributed by atoms with Gasteiger partial charge in [-0.1, -0.05) is 19.1 Å². The smallest absolute Gasteiger partial charge is 0.0910 e. The Morgan fingerprint density at radius 1 is 1.21 bits per heavy atom. The maximum absolute atomic E-state index is 6.37. The minimum atomic E-state index is -0.228. The molecule has 0 aromatic carbocycles. The van der Waals surface area contributed by atoms with Crippen LogP contribution in [0.4, 0.5) is 0 Å². The lowest BCUT2D eigenvalue weighted by Crippen LogP contribution is -2.21. The number of nitrogens with two attached hydrogens (primary N) is 1. The minimum absolute atomic E-state index is 0.228. The van der Waals surface area contributed by atoms with Crippen LogP contribution in [0.5, 0.6) is 0 Å². The Balaban J connectivity index is 2.34. The fourth-order valence-corrected chi connectivity index (χ4v) is 2.21. The van der Waals surface area contributed by atoms with E-state index in [4.69, 9.17) is 5.73 Å². The van der Waals surface area contributed by atoms with Crippen molar-refractivity contribution in [1.29, 1.82) is 0 Å². The van der Waals surface area contributed by atoms with Crippen LogP contribution in [0, 0.1) is 0 Å². The van der Waals surface area contributed by atoms with E-state index in [1.54, 1.807) is 6.20 Å². The molecule has 0 bridgehead atoms. The van der Waals surface area contributed by atoms with Gasteiger partial charge in [0.15, 0.2) is 0 Å². The Bertz CT molecular complexity index is 527. The Labute approximate surface area is 113 Å². The molecule has 19 heavy (non-hydrogen) atoms. The van der Waals surface area contributed by atoms with Crippen molar-refractivity contribution in [3.05, 3.63) is 29.3 Å². The molecular formula is C13H22N6. The minimum Gasteiger partial charge on any atom is -0.318 e. The molecule has 0 fully saturated rings. The lowest BCUT2D eigenvalue weighted by Gasteiger charge is -2.14. The highest BCUT2D eigenvalue weighted by Crippen LogP contribution is 2.20. The highest BCUT2D eigenvalue weighted by Gasteiger charge is 2.19. The fourth-order valence-electron chi connectivity index (χ4n) is 2.21. The maximum Gasteiger partial charge on any atom is 0.0910 e. The summed E-state index contributed by atoms with van der Waals surface area (Å²) >= 11 is 0. The second kappa shape index (κ2) is 5.97. The first-order valence-corrected chi connectivity index (χ1v) is 6.91. The third kappa shape index (κ3) is 2.68. The Kier molecular flexibility index (Phi) is 4.31. The van der Waals surface area contributed by atoms with Crippen LogP contribution in [0.3, 0.4) is 0 Å². The lowest BCUT2D eigenvalue weighted by molar-refractivity contribution is 0.525. The number of aromatic nitrogens is 5. The third-order valence-corrected chi connectivity index (χ3v) is 3.24. The summed E-state index contributed by atoms with van der Waals surface area (Å²) in [6, 6.07) is 1.85. The molecule has 0 saturated carbocycles. The van der Waals surface area contributed by atoms with Crippen molar-refractivity contribution in [2.75, 3.05) is 0 Å². The summed E-state index contributed by atoms with van der Waals surface area (Å²) in [7, 11) is 0. The quantitative estimate of drug-likeness (QED) is 0.856. The molecule has 0 aliphatic heterocycles. The molecule has 2 N–H and O–H groups in total. The first-order valence-electron chi connectivity index (χ1n) is 6.91. The van der Waals surface area contributed by atoms with E-state index in [0.29, 0.717) is 0 Å². The van der Waals surface area contributed by atoms with Crippen LogP contribution in [-0.4, -0.2) is 24.8 Å². The molecule has 6 heteroatoms. The predicted molar refractivity (Wildman–Crippen MR) is 73.6 cm³/mol. The van der Waals surface area contributed by atoms with Crippen molar-refractivity contribution in [2.24, 2.45) is 5.73 Å². The van der Waals surface area contributed by atoms with Gasteiger partial charge in [0, 0.05) is 13.1 Å². The number of rotatable bonds is 6. The summed E-state index contributed by atoms with van der Waals surface area (Å²) in [5.41, 5.74) is 9.42. The molecule has 2 aromatic rings. The Hall–Kier alpha value is -1.69. The van der Waals surface area contributed by atoms with Gasteiger partial charge in [-0.15, -0.1) is 5.10 Å². The summed E-state index contributed by atoms with van der Waals surface area (Å²) in [4.78, 5) is 0. The van der Waals surface area contributed by atoms with E-state index in [1.165, 1.54) is 0 Å². The number of hydrogen-bond acceptors (Lipinski definition) is 4. The molecule has 104 valence electrons. The van der Waals surface area contributed by atoms with Crippen molar-refractivity contribution < 1.29 is 0 Å². The van der Waals surface area contributed by atoms with E-state index < -0.39 is 0 Å². The molecule has 0 radical (unpaired) electrons. The van der Waals surface area contributed by atoms with Gasteiger partial charge >= 0.3 is 0 Å². The van der Waals surface area contributed by atoms with Crippen LogP contribution in [0.1, 0.15) is 50.3 Å². The summed E-state index contributed by atoms with van der Waals surface area (Å²) in [6.07, 6.45) is 3.68. The van der Waals surface area contributed by atoms with Gasteiger partial charge in [0.05, 0.1) is 29.3 Å². The van der Waals surface area contributed by atoms with Crippen LogP contribution in [0.25, 0.3) is 0 Å². The van der Waals surface area contributed by atoms with E-state index in [1.807, 2.05) is 9.36 Å². The van der Waals surface area contributed by atoms with E-state index in [-0.39, 0.29) is 6.04 Å². The summed E-state index contributed by atoms with van der Waals surface area (Å²) in [5.74, 6) is 0. The molecule has 6 nitrogen and oxygen atoms in total.